The first-order valence-corrected chi connectivity index (χ1v) is 11.7. The molecule has 3 heterocycles. The molecule has 3 aliphatic heterocycles. The third-order valence-corrected chi connectivity index (χ3v) is 7.82. The Morgan fingerprint density at radius 1 is 1.03 bits per heavy atom. The molecular weight excluding hydrogens is 394 g/mol. The zero-order valence-electron chi connectivity index (χ0n) is 18.3. The number of carbonyl (C=O) groups excluding carboxylic acids is 2. The molecule has 168 valence electrons. The van der Waals surface area contributed by atoms with E-state index in [9.17, 15) is 14.7 Å². The number of benzene rings is 1. The quantitative estimate of drug-likeness (QED) is 0.741. The van der Waals surface area contributed by atoms with E-state index in [1.165, 1.54) is 39.2 Å². The molecule has 3 saturated heterocycles. The summed E-state index contributed by atoms with van der Waals surface area (Å²) >= 11 is 0. The molecule has 7 nitrogen and oxygen atoms in total. The highest BCUT2D eigenvalue weighted by Crippen LogP contribution is 2.41. The average Bonchev–Trinajstić information content (AvgIpc) is 3.16. The van der Waals surface area contributed by atoms with E-state index < -0.39 is 5.97 Å². The molecule has 4 fully saturated rings. The number of carbonyl (C=O) groups is 2. The van der Waals surface area contributed by atoms with Gasteiger partial charge in [-0.05, 0) is 37.5 Å². The van der Waals surface area contributed by atoms with Crippen LogP contribution in [0.1, 0.15) is 59.2 Å². The number of aliphatic hydroxyl groups excluding tert-OH is 1. The van der Waals surface area contributed by atoms with Crippen LogP contribution >= 0.6 is 0 Å². The standard InChI is InChI=1S/C24H33N3O4/c1-31-23(30)18-7-5-6-17(10-18)22(29)25-12-20-11-21(28)13-27(20)24(14-25)15-26(16-24)19-8-3-2-4-9-19/h5-7,10,19-21,28H,2-4,8-9,11-16H2,1H3. The van der Waals surface area contributed by atoms with E-state index in [4.69, 9.17) is 4.74 Å². The van der Waals surface area contributed by atoms with E-state index in [0.29, 0.717) is 36.8 Å². The molecule has 4 aliphatic rings. The van der Waals surface area contributed by atoms with Crippen LogP contribution in [0.25, 0.3) is 0 Å². The number of hydrogen-bond donors (Lipinski definition) is 1. The molecule has 2 atom stereocenters. The predicted octanol–water partition coefficient (Wildman–Crippen LogP) is 1.75. The van der Waals surface area contributed by atoms with Crippen molar-refractivity contribution in [3.63, 3.8) is 0 Å². The van der Waals surface area contributed by atoms with Crippen LogP contribution in [-0.2, 0) is 4.74 Å². The number of β-amino-alcohol motifs (C(OH)–C–C–N with tert-alkyl or cyclic N) is 1. The van der Waals surface area contributed by atoms with Gasteiger partial charge in [-0.2, -0.15) is 0 Å². The summed E-state index contributed by atoms with van der Waals surface area (Å²) in [5, 5.41) is 10.4. The fourth-order valence-corrected chi connectivity index (χ4v) is 6.34. The number of methoxy groups -OCH3 is 1. The first kappa shape index (κ1) is 20.9. The van der Waals surface area contributed by atoms with E-state index in [1.54, 1.807) is 24.3 Å². The summed E-state index contributed by atoms with van der Waals surface area (Å²) < 4.78 is 4.81. The molecule has 1 amide bonds. The minimum Gasteiger partial charge on any atom is -0.465 e. The Morgan fingerprint density at radius 2 is 1.77 bits per heavy atom. The van der Waals surface area contributed by atoms with Gasteiger partial charge in [0.25, 0.3) is 5.91 Å². The summed E-state index contributed by atoms with van der Waals surface area (Å²) in [6, 6.07) is 7.68. The van der Waals surface area contributed by atoms with Crippen molar-refractivity contribution in [3.05, 3.63) is 35.4 Å². The maximum absolute atomic E-state index is 13.4. The van der Waals surface area contributed by atoms with Crippen LogP contribution < -0.4 is 0 Å². The number of ether oxygens (including phenoxy) is 1. The molecular formula is C24H33N3O4. The second-order valence-electron chi connectivity index (χ2n) is 9.87. The van der Waals surface area contributed by atoms with Gasteiger partial charge in [0.1, 0.15) is 0 Å². The summed E-state index contributed by atoms with van der Waals surface area (Å²) in [5.41, 5.74) is 0.853. The smallest absolute Gasteiger partial charge is 0.337 e. The van der Waals surface area contributed by atoms with Crippen molar-refractivity contribution in [3.8, 4) is 0 Å². The highest BCUT2D eigenvalue weighted by atomic mass is 16.5. The minimum atomic E-state index is -0.433. The Bertz CT molecular complexity index is 847. The Balaban J connectivity index is 1.35. The van der Waals surface area contributed by atoms with E-state index in [0.717, 1.165) is 19.5 Å². The van der Waals surface area contributed by atoms with E-state index in [1.807, 2.05) is 4.90 Å². The fraction of sp³-hybridized carbons (Fsp3) is 0.667. The average molecular weight is 428 g/mol. The van der Waals surface area contributed by atoms with Gasteiger partial charge in [-0.3, -0.25) is 14.6 Å². The maximum atomic E-state index is 13.4. The number of esters is 1. The van der Waals surface area contributed by atoms with Crippen molar-refractivity contribution in [2.45, 2.75) is 62.3 Å². The summed E-state index contributed by atoms with van der Waals surface area (Å²) in [5.74, 6) is -0.473. The second kappa shape index (κ2) is 8.19. The lowest BCUT2D eigenvalue weighted by Crippen LogP contribution is -2.79. The number of fused-ring (bicyclic) bond motifs is 2. The largest absolute Gasteiger partial charge is 0.465 e. The molecule has 2 unspecified atom stereocenters. The normalized spacial score (nSPS) is 28.9. The molecule has 0 radical (unpaired) electrons. The molecule has 1 aliphatic carbocycles. The fourth-order valence-electron chi connectivity index (χ4n) is 6.34. The van der Waals surface area contributed by atoms with Crippen LogP contribution in [0.3, 0.4) is 0 Å². The zero-order valence-corrected chi connectivity index (χ0v) is 18.3. The summed E-state index contributed by atoms with van der Waals surface area (Å²) in [6.07, 6.45) is 6.96. The van der Waals surface area contributed by atoms with Crippen LogP contribution in [0.5, 0.6) is 0 Å². The molecule has 1 aromatic rings. The van der Waals surface area contributed by atoms with Crippen LogP contribution in [-0.4, -0.2) is 95.2 Å². The van der Waals surface area contributed by atoms with Gasteiger partial charge < -0.3 is 14.7 Å². The molecule has 0 bridgehead atoms. The highest BCUT2D eigenvalue weighted by molar-refractivity contribution is 5.98. The van der Waals surface area contributed by atoms with Crippen molar-refractivity contribution >= 4 is 11.9 Å². The molecule has 1 saturated carbocycles. The van der Waals surface area contributed by atoms with Crippen LogP contribution in [0.4, 0.5) is 0 Å². The molecule has 1 aromatic carbocycles. The Labute approximate surface area is 183 Å². The topological polar surface area (TPSA) is 73.3 Å². The number of amides is 1. The first-order valence-electron chi connectivity index (χ1n) is 11.7. The van der Waals surface area contributed by atoms with Gasteiger partial charge in [-0.25, -0.2) is 4.79 Å². The molecule has 5 rings (SSSR count). The number of rotatable bonds is 3. The van der Waals surface area contributed by atoms with Crippen LogP contribution in [0.15, 0.2) is 24.3 Å². The van der Waals surface area contributed by atoms with Gasteiger partial charge in [0.05, 0.1) is 24.3 Å². The van der Waals surface area contributed by atoms with Gasteiger partial charge in [0.2, 0.25) is 0 Å². The van der Waals surface area contributed by atoms with Gasteiger partial charge in [-0.1, -0.05) is 25.3 Å². The minimum absolute atomic E-state index is 0.0396. The second-order valence-corrected chi connectivity index (χ2v) is 9.87. The van der Waals surface area contributed by atoms with E-state index in [-0.39, 0.29) is 23.6 Å². The van der Waals surface area contributed by atoms with Gasteiger partial charge >= 0.3 is 5.97 Å². The molecule has 0 aromatic heterocycles. The first-order chi connectivity index (χ1) is 15.0. The van der Waals surface area contributed by atoms with Crippen LogP contribution in [0.2, 0.25) is 0 Å². The Hall–Kier alpha value is -1.96. The third-order valence-electron chi connectivity index (χ3n) is 7.82. The molecule has 31 heavy (non-hydrogen) atoms. The van der Waals surface area contributed by atoms with Crippen molar-refractivity contribution in [2.75, 3.05) is 39.8 Å². The van der Waals surface area contributed by atoms with Crippen LogP contribution in [0, 0.1) is 0 Å². The SMILES string of the molecule is COC(=O)c1cccc(C(=O)N2CC3CC(O)CN3C3(C2)CN(C2CCCCC2)C3)c1. The zero-order chi connectivity index (χ0) is 21.6. The van der Waals surface area contributed by atoms with E-state index >= 15 is 0 Å². The Kier molecular flexibility index (Phi) is 5.52. The van der Waals surface area contributed by atoms with Gasteiger partial charge in [0, 0.05) is 50.4 Å². The van der Waals surface area contributed by atoms with Gasteiger partial charge in [0.15, 0.2) is 0 Å². The number of likely N-dealkylation sites (tertiary alicyclic amines) is 1. The third kappa shape index (κ3) is 3.77. The number of nitrogens with zero attached hydrogens (tertiary/aromatic N) is 3. The molecule has 1 spiro atoms. The Morgan fingerprint density at radius 3 is 2.52 bits per heavy atom. The highest BCUT2D eigenvalue weighted by Gasteiger charge is 2.57. The lowest BCUT2D eigenvalue weighted by atomic mass is 9.80. The van der Waals surface area contributed by atoms with Crippen molar-refractivity contribution in [1.82, 2.24) is 14.7 Å². The maximum Gasteiger partial charge on any atom is 0.337 e. The molecule has 1 N–H and O–H groups in total. The summed E-state index contributed by atoms with van der Waals surface area (Å²) in [6.45, 7) is 3.98. The number of hydrogen-bond acceptors (Lipinski definition) is 6. The lowest BCUT2D eigenvalue weighted by Gasteiger charge is -2.62. The number of aliphatic hydroxyl groups is 1. The lowest BCUT2D eigenvalue weighted by molar-refractivity contribution is -0.122. The van der Waals surface area contributed by atoms with Crippen molar-refractivity contribution < 1.29 is 19.4 Å². The van der Waals surface area contributed by atoms with Crippen molar-refractivity contribution in [1.29, 1.82) is 0 Å². The number of piperazine rings is 1. The van der Waals surface area contributed by atoms with Crippen molar-refractivity contribution in [2.24, 2.45) is 0 Å². The summed E-state index contributed by atoms with van der Waals surface area (Å²) in [7, 11) is 1.35. The monoisotopic (exact) mass is 427 g/mol. The predicted molar refractivity (Wildman–Crippen MR) is 116 cm³/mol. The summed E-state index contributed by atoms with van der Waals surface area (Å²) in [4.78, 5) is 32.4. The van der Waals surface area contributed by atoms with E-state index in [2.05, 4.69) is 9.80 Å². The molecule has 7 heteroatoms. The van der Waals surface area contributed by atoms with Gasteiger partial charge in [-0.15, -0.1) is 0 Å².